The lowest BCUT2D eigenvalue weighted by atomic mass is 10.1. The first-order valence-electron chi connectivity index (χ1n) is 12.1. The minimum absolute atomic E-state index is 0.101. The van der Waals surface area contributed by atoms with Crippen molar-refractivity contribution in [1.82, 2.24) is 9.21 Å². The molecule has 11 nitrogen and oxygen atoms in total. The normalized spacial score (nSPS) is 16.1. The summed E-state index contributed by atoms with van der Waals surface area (Å²) in [5.41, 5.74) is 1.05. The Labute approximate surface area is 216 Å². The third-order valence-electron chi connectivity index (χ3n) is 6.29. The molecule has 0 aliphatic carbocycles. The molecule has 1 fully saturated rings. The van der Waals surface area contributed by atoms with Crippen molar-refractivity contribution in [2.75, 3.05) is 62.8 Å². The van der Waals surface area contributed by atoms with Crippen molar-refractivity contribution in [1.29, 1.82) is 0 Å². The number of sulfonamides is 1. The molecule has 0 radical (unpaired) electrons. The fourth-order valence-corrected chi connectivity index (χ4v) is 5.59. The minimum atomic E-state index is -3.67. The predicted molar refractivity (Wildman–Crippen MR) is 136 cm³/mol. The summed E-state index contributed by atoms with van der Waals surface area (Å²) in [5.74, 6) is -0.562. The zero-order chi connectivity index (χ0) is 26.6. The van der Waals surface area contributed by atoms with E-state index in [4.69, 9.17) is 9.47 Å². The van der Waals surface area contributed by atoms with Gasteiger partial charge in [0.1, 0.15) is 12.3 Å². The number of carbonyl (C=O) groups excluding carboxylic acids is 3. The molecular weight excluding hydrogens is 500 g/mol. The molecule has 4 rings (SSSR count). The van der Waals surface area contributed by atoms with Crippen LogP contribution in [0.15, 0.2) is 47.4 Å². The lowest BCUT2D eigenvalue weighted by Crippen LogP contribution is -2.46. The molecule has 2 aliphatic heterocycles. The number of likely N-dealkylation sites (N-methyl/N-ethyl adjacent to an activating group) is 1. The molecule has 0 atom stereocenters. The molecule has 2 aromatic carbocycles. The van der Waals surface area contributed by atoms with Gasteiger partial charge in [-0.3, -0.25) is 19.3 Å². The summed E-state index contributed by atoms with van der Waals surface area (Å²) in [4.78, 5) is 41.2. The highest BCUT2D eigenvalue weighted by molar-refractivity contribution is 7.89. The fraction of sp³-hybridized carbons (Fsp3) is 0.400. The Bertz CT molecular complexity index is 1270. The fourth-order valence-electron chi connectivity index (χ4n) is 4.18. The van der Waals surface area contributed by atoms with Gasteiger partial charge in [-0.15, -0.1) is 0 Å². The zero-order valence-corrected chi connectivity index (χ0v) is 21.6. The summed E-state index contributed by atoms with van der Waals surface area (Å²) < 4.78 is 37.7. The predicted octanol–water partition coefficient (Wildman–Crippen LogP) is 1.55. The third-order valence-corrected chi connectivity index (χ3v) is 8.21. The Morgan fingerprint density at radius 1 is 1.03 bits per heavy atom. The molecule has 12 heteroatoms. The van der Waals surface area contributed by atoms with Crippen LogP contribution >= 0.6 is 0 Å². The molecule has 2 aromatic rings. The van der Waals surface area contributed by atoms with Gasteiger partial charge < -0.3 is 19.7 Å². The summed E-state index contributed by atoms with van der Waals surface area (Å²) in [6, 6.07) is 10.5. The Balaban J connectivity index is 1.49. The largest absolute Gasteiger partial charge is 0.482 e. The number of nitrogens with zero attached hydrogens (tertiary/aromatic N) is 3. The van der Waals surface area contributed by atoms with E-state index in [0.29, 0.717) is 43.4 Å². The molecule has 198 valence electrons. The van der Waals surface area contributed by atoms with Crippen LogP contribution in [0.4, 0.5) is 11.4 Å². The van der Waals surface area contributed by atoms with Crippen molar-refractivity contribution in [3.8, 4) is 5.75 Å². The topological polar surface area (TPSA) is 126 Å². The second-order valence-corrected chi connectivity index (χ2v) is 10.4. The number of nitrogens with one attached hydrogen (secondary N) is 1. The van der Waals surface area contributed by atoms with Crippen LogP contribution in [0.3, 0.4) is 0 Å². The van der Waals surface area contributed by atoms with Crippen molar-refractivity contribution in [2.24, 2.45) is 0 Å². The number of carbonyl (C=O) groups is 3. The van der Waals surface area contributed by atoms with Gasteiger partial charge in [0.2, 0.25) is 15.9 Å². The van der Waals surface area contributed by atoms with E-state index in [1.54, 1.807) is 23.1 Å². The van der Waals surface area contributed by atoms with Crippen molar-refractivity contribution < 1.29 is 32.3 Å². The Hall–Kier alpha value is -3.48. The highest BCUT2D eigenvalue weighted by atomic mass is 32.2. The van der Waals surface area contributed by atoms with Crippen molar-refractivity contribution >= 4 is 39.1 Å². The van der Waals surface area contributed by atoms with Crippen LogP contribution < -0.4 is 15.0 Å². The maximum atomic E-state index is 12.9. The second-order valence-electron chi connectivity index (χ2n) is 8.51. The lowest BCUT2D eigenvalue weighted by Gasteiger charge is -2.31. The lowest BCUT2D eigenvalue weighted by molar-refractivity contribution is -0.131. The molecule has 0 aromatic heterocycles. The van der Waals surface area contributed by atoms with Crippen molar-refractivity contribution in [2.45, 2.75) is 18.7 Å². The first-order chi connectivity index (χ1) is 17.7. The van der Waals surface area contributed by atoms with Gasteiger partial charge in [-0.2, -0.15) is 4.31 Å². The van der Waals surface area contributed by atoms with Crippen LogP contribution in [0.1, 0.15) is 24.2 Å². The van der Waals surface area contributed by atoms with Crippen LogP contribution in [-0.4, -0.2) is 87.9 Å². The number of fused-ring (bicyclic) bond motifs is 1. The van der Waals surface area contributed by atoms with Crippen LogP contribution in [-0.2, 0) is 24.3 Å². The van der Waals surface area contributed by atoms with Crippen LogP contribution in [0, 0.1) is 0 Å². The molecule has 0 unspecified atom stereocenters. The summed E-state index contributed by atoms with van der Waals surface area (Å²) in [7, 11) is -3.67. The van der Waals surface area contributed by atoms with Crippen LogP contribution in [0.25, 0.3) is 0 Å². The molecule has 37 heavy (non-hydrogen) atoms. The third kappa shape index (κ3) is 5.76. The molecule has 0 bridgehead atoms. The highest BCUT2D eigenvalue weighted by Gasteiger charge is 2.29. The average molecular weight is 531 g/mol. The first kappa shape index (κ1) is 26.6. The molecule has 3 amide bonds. The number of amides is 3. The quantitative estimate of drug-likeness (QED) is 0.549. The van der Waals surface area contributed by atoms with Gasteiger partial charge in [0.25, 0.3) is 11.8 Å². The standard InChI is InChI=1S/C25H30N4O7S/c1-3-27(4-2)23(30)16-29-21-15-19(7-10-22(21)36-17-24(29)31)26-25(32)18-5-8-20(9-6-18)37(33,34)28-11-13-35-14-12-28/h5-10,15H,3-4,11-14,16-17H2,1-2H3,(H,26,32). The van der Waals surface area contributed by atoms with Crippen molar-refractivity contribution in [3.63, 3.8) is 0 Å². The van der Waals surface area contributed by atoms with E-state index < -0.39 is 15.9 Å². The number of ether oxygens (including phenoxy) is 2. The molecule has 2 heterocycles. The summed E-state index contributed by atoms with van der Waals surface area (Å²) >= 11 is 0. The van der Waals surface area contributed by atoms with Crippen LogP contribution in [0.2, 0.25) is 0 Å². The molecule has 1 saturated heterocycles. The van der Waals surface area contributed by atoms with E-state index in [1.807, 2.05) is 13.8 Å². The van der Waals surface area contributed by atoms with Gasteiger partial charge in [-0.1, -0.05) is 0 Å². The van der Waals surface area contributed by atoms with E-state index in [9.17, 15) is 22.8 Å². The maximum absolute atomic E-state index is 12.9. The monoisotopic (exact) mass is 530 g/mol. The number of morpholine rings is 1. The molecule has 0 spiro atoms. The first-order valence-corrected chi connectivity index (χ1v) is 13.5. The molecular formula is C25H30N4O7S. The van der Waals surface area contributed by atoms with Gasteiger partial charge in [0.15, 0.2) is 6.61 Å². The summed E-state index contributed by atoms with van der Waals surface area (Å²) in [6.45, 7) is 5.75. The van der Waals surface area contributed by atoms with Gasteiger partial charge in [0.05, 0.1) is 23.8 Å². The number of benzene rings is 2. The second kappa shape index (κ2) is 11.3. The molecule has 2 aliphatic rings. The smallest absolute Gasteiger partial charge is 0.265 e. The van der Waals surface area contributed by atoms with Gasteiger partial charge in [-0.05, 0) is 56.3 Å². The Morgan fingerprint density at radius 2 is 1.70 bits per heavy atom. The van der Waals surface area contributed by atoms with Crippen molar-refractivity contribution in [3.05, 3.63) is 48.0 Å². The summed E-state index contributed by atoms with van der Waals surface area (Å²) in [5, 5.41) is 2.76. The Morgan fingerprint density at radius 3 is 2.35 bits per heavy atom. The maximum Gasteiger partial charge on any atom is 0.265 e. The van der Waals surface area contributed by atoms with Gasteiger partial charge >= 0.3 is 0 Å². The van der Waals surface area contributed by atoms with E-state index in [0.717, 1.165) is 0 Å². The number of hydrogen-bond donors (Lipinski definition) is 1. The highest BCUT2D eigenvalue weighted by Crippen LogP contribution is 2.34. The van der Waals surface area contributed by atoms with E-state index in [-0.39, 0.29) is 48.5 Å². The molecule has 1 N–H and O–H groups in total. The van der Waals surface area contributed by atoms with E-state index in [1.165, 1.54) is 33.5 Å². The van der Waals surface area contributed by atoms with E-state index in [2.05, 4.69) is 5.32 Å². The zero-order valence-electron chi connectivity index (χ0n) is 20.8. The van der Waals surface area contributed by atoms with Crippen LogP contribution in [0.5, 0.6) is 5.75 Å². The number of hydrogen-bond acceptors (Lipinski definition) is 7. The van der Waals surface area contributed by atoms with Gasteiger partial charge in [0, 0.05) is 37.4 Å². The van der Waals surface area contributed by atoms with Gasteiger partial charge in [-0.25, -0.2) is 8.42 Å². The molecule has 0 saturated carbocycles. The minimum Gasteiger partial charge on any atom is -0.482 e. The average Bonchev–Trinajstić information content (AvgIpc) is 2.91. The number of rotatable bonds is 8. The summed E-state index contributed by atoms with van der Waals surface area (Å²) in [6.07, 6.45) is 0. The number of anilines is 2. The van der Waals surface area contributed by atoms with E-state index >= 15 is 0 Å². The SMILES string of the molecule is CCN(CC)C(=O)CN1C(=O)COc2ccc(NC(=O)c3ccc(S(=O)(=O)N4CCOCC4)cc3)cc21. The Kier molecular flexibility index (Phi) is 8.10.